The largest absolute Gasteiger partial charge is 0.337 e. The molecule has 13 heavy (non-hydrogen) atoms. The number of alkyl halides is 2. The maximum atomic E-state index is 12.8. The van der Waals surface area contributed by atoms with Gasteiger partial charge in [0.05, 0.1) is 6.33 Å². The van der Waals surface area contributed by atoms with Crippen LogP contribution in [0.25, 0.3) is 0 Å². The summed E-state index contributed by atoms with van der Waals surface area (Å²) < 4.78 is 27.5. The van der Waals surface area contributed by atoms with Crippen molar-refractivity contribution in [2.45, 2.75) is 31.7 Å². The zero-order valence-electron chi connectivity index (χ0n) is 7.29. The summed E-state index contributed by atoms with van der Waals surface area (Å²) in [5, 5.41) is 0. The molecular weight excluding hydrogens is 174 g/mol. The van der Waals surface area contributed by atoms with Gasteiger partial charge < -0.3 is 4.57 Å². The molecule has 0 amide bonds. The first-order valence-corrected chi connectivity index (χ1v) is 4.49. The first-order valence-electron chi connectivity index (χ1n) is 4.49. The van der Waals surface area contributed by atoms with Crippen LogP contribution in [0.2, 0.25) is 0 Å². The van der Waals surface area contributed by atoms with Gasteiger partial charge in [0, 0.05) is 31.8 Å². The van der Waals surface area contributed by atoms with Gasteiger partial charge in [0.2, 0.25) is 5.92 Å². The lowest BCUT2D eigenvalue weighted by molar-refractivity contribution is 0.00436. The molecule has 0 bridgehead atoms. The SMILES string of the molecule is FC1(F)CC[C@@H](Cn2ccnc2)C1. The molecule has 72 valence electrons. The molecule has 2 nitrogen and oxygen atoms in total. The van der Waals surface area contributed by atoms with Crippen LogP contribution in [-0.4, -0.2) is 15.5 Å². The van der Waals surface area contributed by atoms with Crippen molar-refractivity contribution in [3.8, 4) is 0 Å². The van der Waals surface area contributed by atoms with Crippen LogP contribution < -0.4 is 0 Å². The Bertz CT molecular complexity index is 269. The number of halogens is 2. The van der Waals surface area contributed by atoms with Crippen LogP contribution in [0.1, 0.15) is 19.3 Å². The van der Waals surface area contributed by atoms with Gasteiger partial charge in [0.15, 0.2) is 0 Å². The Morgan fingerprint density at radius 1 is 1.54 bits per heavy atom. The number of aromatic nitrogens is 2. The third-order valence-corrected chi connectivity index (χ3v) is 2.53. The normalized spacial score (nSPS) is 26.5. The maximum absolute atomic E-state index is 12.8. The monoisotopic (exact) mass is 186 g/mol. The Morgan fingerprint density at radius 3 is 2.92 bits per heavy atom. The molecule has 1 heterocycles. The van der Waals surface area contributed by atoms with Crippen LogP contribution in [0.4, 0.5) is 8.78 Å². The zero-order chi connectivity index (χ0) is 9.31. The number of imidazole rings is 1. The summed E-state index contributed by atoms with van der Waals surface area (Å²) in [6, 6.07) is 0. The fourth-order valence-corrected chi connectivity index (χ4v) is 1.89. The van der Waals surface area contributed by atoms with E-state index in [-0.39, 0.29) is 18.8 Å². The number of nitrogens with zero attached hydrogens (tertiary/aromatic N) is 2. The summed E-state index contributed by atoms with van der Waals surface area (Å²) >= 11 is 0. The van der Waals surface area contributed by atoms with Gasteiger partial charge in [-0.05, 0) is 12.3 Å². The minimum absolute atomic E-state index is 0.0329. The Balaban J connectivity index is 1.91. The molecule has 1 saturated carbocycles. The van der Waals surface area contributed by atoms with Crippen LogP contribution in [0.5, 0.6) is 0 Å². The van der Waals surface area contributed by atoms with Crippen LogP contribution in [0, 0.1) is 5.92 Å². The summed E-state index contributed by atoms with van der Waals surface area (Å²) in [5.74, 6) is -2.31. The van der Waals surface area contributed by atoms with Crippen molar-refractivity contribution in [1.29, 1.82) is 0 Å². The van der Waals surface area contributed by atoms with Gasteiger partial charge in [-0.3, -0.25) is 0 Å². The first-order chi connectivity index (χ1) is 6.16. The molecule has 0 aliphatic heterocycles. The van der Waals surface area contributed by atoms with E-state index in [9.17, 15) is 8.78 Å². The predicted octanol–water partition coefficient (Wildman–Crippen LogP) is 2.32. The maximum Gasteiger partial charge on any atom is 0.248 e. The second-order valence-electron chi connectivity index (χ2n) is 3.72. The highest BCUT2D eigenvalue weighted by atomic mass is 19.3. The minimum atomic E-state index is -2.43. The predicted molar refractivity (Wildman–Crippen MR) is 44.5 cm³/mol. The summed E-state index contributed by atoms with van der Waals surface area (Å²) in [5.41, 5.74) is 0. The van der Waals surface area contributed by atoms with Gasteiger partial charge in [0.1, 0.15) is 0 Å². The van der Waals surface area contributed by atoms with E-state index in [0.29, 0.717) is 13.0 Å². The Hall–Kier alpha value is -0.930. The van der Waals surface area contributed by atoms with Gasteiger partial charge in [-0.1, -0.05) is 0 Å². The molecule has 1 aromatic heterocycles. The van der Waals surface area contributed by atoms with Crippen molar-refractivity contribution in [2.24, 2.45) is 5.92 Å². The van der Waals surface area contributed by atoms with Gasteiger partial charge in [-0.25, -0.2) is 13.8 Å². The molecular formula is C9H12F2N2. The standard InChI is InChI=1S/C9H12F2N2/c10-9(11)2-1-8(5-9)6-13-4-3-12-7-13/h3-4,7-8H,1-2,5-6H2/t8-/m1/s1. The molecule has 0 N–H and O–H groups in total. The smallest absolute Gasteiger partial charge is 0.248 e. The van der Waals surface area contributed by atoms with Crippen molar-refractivity contribution >= 4 is 0 Å². The van der Waals surface area contributed by atoms with E-state index in [1.165, 1.54) is 0 Å². The third kappa shape index (κ3) is 2.05. The third-order valence-electron chi connectivity index (χ3n) is 2.53. The van der Waals surface area contributed by atoms with Crippen LogP contribution in [0.3, 0.4) is 0 Å². The van der Waals surface area contributed by atoms with Gasteiger partial charge in [-0.15, -0.1) is 0 Å². The van der Waals surface area contributed by atoms with E-state index in [0.717, 1.165) is 0 Å². The van der Waals surface area contributed by atoms with E-state index in [2.05, 4.69) is 4.98 Å². The summed E-state index contributed by atoms with van der Waals surface area (Å²) in [4.78, 5) is 3.88. The molecule has 1 atom stereocenters. The highest BCUT2D eigenvalue weighted by Gasteiger charge is 2.39. The summed E-state index contributed by atoms with van der Waals surface area (Å²) in [6.45, 7) is 0.676. The molecule has 1 aromatic rings. The Kier molecular flexibility index (Phi) is 2.06. The second kappa shape index (κ2) is 3.09. The lowest BCUT2D eigenvalue weighted by Gasteiger charge is -2.10. The van der Waals surface area contributed by atoms with Gasteiger partial charge >= 0.3 is 0 Å². The molecule has 2 rings (SSSR count). The van der Waals surface area contributed by atoms with Gasteiger partial charge in [0.25, 0.3) is 0 Å². The quantitative estimate of drug-likeness (QED) is 0.693. The first kappa shape index (κ1) is 8.66. The topological polar surface area (TPSA) is 17.8 Å². The average Bonchev–Trinajstić information content (AvgIpc) is 2.61. The Morgan fingerprint density at radius 2 is 2.38 bits per heavy atom. The van der Waals surface area contributed by atoms with E-state index in [1.54, 1.807) is 12.5 Å². The molecule has 0 radical (unpaired) electrons. The van der Waals surface area contributed by atoms with Crippen molar-refractivity contribution in [3.05, 3.63) is 18.7 Å². The molecule has 1 aliphatic rings. The number of hydrogen-bond donors (Lipinski definition) is 0. The fraction of sp³-hybridized carbons (Fsp3) is 0.667. The van der Waals surface area contributed by atoms with Gasteiger partial charge in [-0.2, -0.15) is 0 Å². The number of rotatable bonds is 2. The van der Waals surface area contributed by atoms with E-state index in [4.69, 9.17) is 0 Å². The molecule has 0 spiro atoms. The fourth-order valence-electron chi connectivity index (χ4n) is 1.89. The van der Waals surface area contributed by atoms with Crippen LogP contribution in [-0.2, 0) is 6.54 Å². The van der Waals surface area contributed by atoms with Crippen LogP contribution >= 0.6 is 0 Å². The Labute approximate surface area is 75.6 Å². The second-order valence-corrected chi connectivity index (χ2v) is 3.72. The zero-order valence-corrected chi connectivity index (χ0v) is 7.29. The lowest BCUT2D eigenvalue weighted by atomic mass is 10.1. The molecule has 1 aliphatic carbocycles. The van der Waals surface area contributed by atoms with E-state index in [1.807, 2.05) is 10.8 Å². The number of hydrogen-bond acceptors (Lipinski definition) is 1. The van der Waals surface area contributed by atoms with E-state index < -0.39 is 5.92 Å². The van der Waals surface area contributed by atoms with Crippen molar-refractivity contribution in [2.75, 3.05) is 0 Å². The molecule has 1 fully saturated rings. The molecule has 0 aromatic carbocycles. The van der Waals surface area contributed by atoms with Crippen LogP contribution in [0.15, 0.2) is 18.7 Å². The van der Waals surface area contributed by atoms with Crippen molar-refractivity contribution in [1.82, 2.24) is 9.55 Å². The highest BCUT2D eigenvalue weighted by molar-refractivity contribution is 4.83. The highest BCUT2D eigenvalue weighted by Crippen LogP contribution is 2.39. The minimum Gasteiger partial charge on any atom is -0.337 e. The lowest BCUT2D eigenvalue weighted by Crippen LogP contribution is -2.12. The van der Waals surface area contributed by atoms with E-state index >= 15 is 0 Å². The molecule has 0 saturated heterocycles. The summed E-state index contributed by atoms with van der Waals surface area (Å²) in [6.07, 6.45) is 5.88. The summed E-state index contributed by atoms with van der Waals surface area (Å²) in [7, 11) is 0. The molecule has 0 unspecified atom stereocenters. The van der Waals surface area contributed by atoms with Crippen molar-refractivity contribution < 1.29 is 8.78 Å². The average molecular weight is 186 g/mol. The van der Waals surface area contributed by atoms with Crippen molar-refractivity contribution in [3.63, 3.8) is 0 Å². The molecule has 4 heteroatoms.